The minimum atomic E-state index is 0. The summed E-state index contributed by atoms with van der Waals surface area (Å²) in [7, 11) is 1.72. The number of benzene rings is 2. The van der Waals surface area contributed by atoms with E-state index in [1.807, 2.05) is 30.3 Å². The lowest BCUT2D eigenvalue weighted by atomic mass is 9.81. The highest BCUT2D eigenvalue weighted by molar-refractivity contribution is 7.80. The molecule has 2 aliphatic heterocycles. The lowest BCUT2D eigenvalue weighted by Crippen LogP contribution is -2.56. The average Bonchev–Trinajstić information content (AvgIpc) is 2.70. The van der Waals surface area contributed by atoms with Crippen molar-refractivity contribution in [1.82, 2.24) is 10.2 Å². The molecule has 2 aliphatic rings. The molecule has 2 aromatic carbocycles. The topological polar surface area (TPSA) is 36.5 Å². The highest BCUT2D eigenvalue weighted by Gasteiger charge is 2.38. The van der Waals surface area contributed by atoms with Gasteiger partial charge in [-0.2, -0.15) is 0 Å². The Morgan fingerprint density at radius 2 is 1.69 bits per heavy atom. The van der Waals surface area contributed by atoms with Crippen molar-refractivity contribution in [1.29, 1.82) is 0 Å². The minimum Gasteiger partial charge on any atom is -0.497 e. The van der Waals surface area contributed by atoms with Crippen molar-refractivity contribution in [2.24, 2.45) is 0 Å². The molecule has 156 valence electrons. The van der Waals surface area contributed by atoms with Crippen molar-refractivity contribution in [2.45, 2.75) is 56.8 Å². The molecule has 2 unspecified atom stereocenters. The van der Waals surface area contributed by atoms with E-state index in [9.17, 15) is 0 Å². The lowest BCUT2D eigenvalue weighted by Gasteiger charge is -2.49. The van der Waals surface area contributed by atoms with Gasteiger partial charge in [0.25, 0.3) is 0 Å². The van der Waals surface area contributed by atoms with Crippen LogP contribution in [0.25, 0.3) is 0 Å². The Morgan fingerprint density at radius 1 is 1.03 bits per heavy atom. The molecular formula is C23H30ClN3OS. The number of hydrogen-bond acceptors (Lipinski definition) is 3. The number of methoxy groups -OCH3 is 1. The van der Waals surface area contributed by atoms with Gasteiger partial charge in [-0.1, -0.05) is 36.8 Å². The maximum atomic E-state index is 5.56. The van der Waals surface area contributed by atoms with E-state index < -0.39 is 0 Å². The molecule has 0 amide bonds. The van der Waals surface area contributed by atoms with E-state index in [0.29, 0.717) is 18.1 Å². The van der Waals surface area contributed by atoms with Crippen molar-refractivity contribution in [3.8, 4) is 5.75 Å². The van der Waals surface area contributed by atoms with Crippen molar-refractivity contribution >= 4 is 35.4 Å². The van der Waals surface area contributed by atoms with Crippen LogP contribution < -0.4 is 15.4 Å². The number of nitrogens with one attached hydrogen (secondary N) is 2. The first-order valence-corrected chi connectivity index (χ1v) is 10.6. The van der Waals surface area contributed by atoms with Gasteiger partial charge in [0.1, 0.15) is 5.75 Å². The van der Waals surface area contributed by atoms with Crippen LogP contribution in [0.2, 0.25) is 0 Å². The molecular weight excluding hydrogens is 402 g/mol. The quantitative estimate of drug-likeness (QED) is 0.652. The molecule has 0 aromatic heterocycles. The van der Waals surface area contributed by atoms with E-state index in [4.69, 9.17) is 17.0 Å². The second kappa shape index (κ2) is 10.3. The summed E-state index contributed by atoms with van der Waals surface area (Å²) >= 11 is 5.56. The Labute approximate surface area is 185 Å². The monoisotopic (exact) mass is 431 g/mol. The van der Waals surface area contributed by atoms with Gasteiger partial charge < -0.3 is 15.4 Å². The fraction of sp³-hybridized carbons (Fsp3) is 0.435. The van der Waals surface area contributed by atoms with Gasteiger partial charge in [-0.3, -0.25) is 4.90 Å². The molecule has 2 saturated heterocycles. The molecule has 2 aromatic rings. The van der Waals surface area contributed by atoms with E-state index in [0.717, 1.165) is 35.9 Å². The van der Waals surface area contributed by atoms with E-state index in [2.05, 4.69) is 39.8 Å². The molecule has 29 heavy (non-hydrogen) atoms. The SMILES string of the molecule is COc1ccc(CN2C3CCCC2CC(NC(=S)Nc2ccccc2)C3)cc1.Cl. The highest BCUT2D eigenvalue weighted by atomic mass is 35.5. The molecule has 6 heteroatoms. The number of piperidine rings is 2. The molecule has 2 bridgehead atoms. The Morgan fingerprint density at radius 3 is 2.31 bits per heavy atom. The molecule has 0 aliphatic carbocycles. The number of nitrogens with zero attached hydrogens (tertiary/aromatic N) is 1. The van der Waals surface area contributed by atoms with Gasteiger partial charge in [-0.25, -0.2) is 0 Å². The summed E-state index contributed by atoms with van der Waals surface area (Å²) in [5.41, 5.74) is 2.41. The molecule has 0 spiro atoms. The number of thiocarbonyl (C=S) groups is 1. The summed E-state index contributed by atoms with van der Waals surface area (Å²) in [6.45, 7) is 1.03. The van der Waals surface area contributed by atoms with Gasteiger partial charge in [-0.05, 0) is 67.7 Å². The molecule has 2 atom stereocenters. The summed E-state index contributed by atoms with van der Waals surface area (Å²) < 4.78 is 5.29. The van der Waals surface area contributed by atoms with Gasteiger partial charge in [0.2, 0.25) is 0 Å². The Balaban J connectivity index is 0.00000240. The van der Waals surface area contributed by atoms with Crippen molar-refractivity contribution < 1.29 is 4.74 Å². The number of rotatable bonds is 5. The summed E-state index contributed by atoms with van der Waals surface area (Å²) in [4.78, 5) is 2.72. The summed E-state index contributed by atoms with van der Waals surface area (Å²) in [6.07, 6.45) is 6.22. The molecule has 2 fully saturated rings. The standard InChI is InChI=1S/C23H29N3OS.ClH/c1-27-22-12-10-17(11-13-22)16-26-20-8-5-9-21(26)15-19(14-20)25-23(28)24-18-6-3-2-4-7-18;/h2-4,6-7,10-13,19-21H,5,8-9,14-16H2,1H3,(H2,24,25,28);1H. The number of hydrogen-bond donors (Lipinski definition) is 2. The summed E-state index contributed by atoms with van der Waals surface area (Å²) in [5, 5.41) is 7.62. The smallest absolute Gasteiger partial charge is 0.170 e. The summed E-state index contributed by atoms with van der Waals surface area (Å²) in [5.74, 6) is 0.922. The van der Waals surface area contributed by atoms with E-state index in [-0.39, 0.29) is 12.4 Å². The molecule has 0 saturated carbocycles. The van der Waals surface area contributed by atoms with Crippen LogP contribution >= 0.6 is 24.6 Å². The maximum absolute atomic E-state index is 5.56. The Hall–Kier alpha value is -1.82. The number of anilines is 1. The van der Waals surface area contributed by atoms with E-state index >= 15 is 0 Å². The third-order valence-electron chi connectivity index (χ3n) is 6.02. The van der Waals surface area contributed by atoms with Crippen LogP contribution in [0.1, 0.15) is 37.7 Å². The first-order chi connectivity index (χ1) is 13.7. The Bertz CT molecular complexity index is 772. The third-order valence-corrected chi connectivity index (χ3v) is 6.24. The molecule has 4 nitrogen and oxygen atoms in total. The van der Waals surface area contributed by atoms with Gasteiger partial charge in [0.15, 0.2) is 5.11 Å². The molecule has 4 rings (SSSR count). The maximum Gasteiger partial charge on any atom is 0.170 e. The van der Waals surface area contributed by atoms with Crippen LogP contribution in [0.3, 0.4) is 0 Å². The van der Waals surface area contributed by atoms with Crippen LogP contribution in [-0.4, -0.2) is 35.2 Å². The number of halogens is 1. The lowest BCUT2D eigenvalue weighted by molar-refractivity contribution is 0.0211. The second-order valence-electron chi connectivity index (χ2n) is 7.89. The highest BCUT2D eigenvalue weighted by Crippen LogP contribution is 2.35. The van der Waals surface area contributed by atoms with Gasteiger partial charge in [0.05, 0.1) is 7.11 Å². The fourth-order valence-electron chi connectivity index (χ4n) is 4.67. The van der Waals surface area contributed by atoms with Crippen LogP contribution in [0.15, 0.2) is 54.6 Å². The van der Waals surface area contributed by atoms with E-state index in [1.54, 1.807) is 7.11 Å². The van der Waals surface area contributed by atoms with Crippen molar-refractivity contribution in [3.63, 3.8) is 0 Å². The third kappa shape index (κ3) is 5.62. The van der Waals surface area contributed by atoms with E-state index in [1.165, 1.54) is 24.8 Å². The first-order valence-electron chi connectivity index (χ1n) is 10.2. The molecule has 0 radical (unpaired) electrons. The zero-order valence-corrected chi connectivity index (χ0v) is 18.5. The molecule has 2 heterocycles. The zero-order chi connectivity index (χ0) is 19.3. The number of fused-ring (bicyclic) bond motifs is 2. The normalized spacial score (nSPS) is 23.6. The summed E-state index contributed by atoms with van der Waals surface area (Å²) in [6, 6.07) is 20.4. The number of ether oxygens (including phenoxy) is 1. The second-order valence-corrected chi connectivity index (χ2v) is 8.30. The van der Waals surface area contributed by atoms with Gasteiger partial charge in [0, 0.05) is 30.4 Å². The van der Waals surface area contributed by atoms with Crippen LogP contribution in [0.4, 0.5) is 5.69 Å². The van der Waals surface area contributed by atoms with Crippen LogP contribution in [-0.2, 0) is 6.54 Å². The van der Waals surface area contributed by atoms with Gasteiger partial charge >= 0.3 is 0 Å². The van der Waals surface area contributed by atoms with Crippen molar-refractivity contribution in [2.75, 3.05) is 12.4 Å². The largest absolute Gasteiger partial charge is 0.497 e. The number of para-hydroxylation sites is 1. The predicted molar refractivity (Wildman–Crippen MR) is 126 cm³/mol. The van der Waals surface area contributed by atoms with Crippen LogP contribution in [0, 0.1) is 0 Å². The Kier molecular flexibility index (Phi) is 7.76. The average molecular weight is 432 g/mol. The fourth-order valence-corrected chi connectivity index (χ4v) is 4.95. The first kappa shape index (κ1) is 21.9. The van der Waals surface area contributed by atoms with Gasteiger partial charge in [-0.15, -0.1) is 12.4 Å². The minimum absolute atomic E-state index is 0. The molecule has 2 N–H and O–H groups in total. The predicted octanol–water partition coefficient (Wildman–Crippen LogP) is 4.99. The van der Waals surface area contributed by atoms with Crippen LogP contribution in [0.5, 0.6) is 5.75 Å². The van der Waals surface area contributed by atoms with Crippen molar-refractivity contribution in [3.05, 3.63) is 60.2 Å². The zero-order valence-electron chi connectivity index (χ0n) is 16.8.